The van der Waals surface area contributed by atoms with Crippen molar-refractivity contribution in [3.63, 3.8) is 0 Å². The molecule has 1 fully saturated rings. The van der Waals surface area contributed by atoms with Crippen LogP contribution in [0.5, 0.6) is 0 Å². The van der Waals surface area contributed by atoms with Crippen molar-refractivity contribution in [2.75, 3.05) is 11.6 Å². The summed E-state index contributed by atoms with van der Waals surface area (Å²) in [5, 5.41) is 17.9. The summed E-state index contributed by atoms with van der Waals surface area (Å²) in [4.78, 5) is 12.3. The van der Waals surface area contributed by atoms with E-state index in [9.17, 15) is 26.7 Å². The highest BCUT2D eigenvalue weighted by molar-refractivity contribution is 7.91. The Labute approximate surface area is 165 Å². The molecule has 2 atom stereocenters. The molecule has 0 radical (unpaired) electrons. The van der Waals surface area contributed by atoms with Gasteiger partial charge in [-0.1, -0.05) is 6.42 Å². The number of anilines is 1. The van der Waals surface area contributed by atoms with Gasteiger partial charge in [0.05, 0.1) is 6.26 Å². The summed E-state index contributed by atoms with van der Waals surface area (Å²) in [6, 6.07) is -0.150. The summed E-state index contributed by atoms with van der Waals surface area (Å²) in [5.41, 5.74) is 0.0875. The first-order valence-electron chi connectivity index (χ1n) is 8.48. The summed E-state index contributed by atoms with van der Waals surface area (Å²) in [5.74, 6) is -1.19. The van der Waals surface area contributed by atoms with E-state index in [2.05, 4.69) is 19.8 Å². The second kappa shape index (κ2) is 6.54. The number of amidine groups is 1. The molecule has 0 bridgehead atoms. The third kappa shape index (κ3) is 3.32. The van der Waals surface area contributed by atoms with Crippen molar-refractivity contribution in [2.24, 2.45) is 10.3 Å². The van der Waals surface area contributed by atoms with Gasteiger partial charge in [0.25, 0.3) is 15.9 Å². The normalized spacial score (nSPS) is 26.2. The monoisotopic (exact) mass is 446 g/mol. The summed E-state index contributed by atoms with van der Waals surface area (Å²) in [6.45, 7) is -0.200. The highest BCUT2D eigenvalue weighted by Crippen LogP contribution is 2.40. The average molecular weight is 447 g/mol. The molecular weight excluding hydrogens is 428 g/mol. The number of nitrogens with zero attached hydrogens (tertiary/aromatic N) is 1. The molecule has 4 rings (SSSR count). The molecule has 28 heavy (non-hydrogen) atoms. The van der Waals surface area contributed by atoms with Crippen molar-refractivity contribution >= 4 is 48.1 Å². The molecular formula is C15H18N4O6S3. The molecule has 1 aromatic heterocycles. The Hall–Kier alpha value is -1.96. The van der Waals surface area contributed by atoms with E-state index in [0.29, 0.717) is 6.42 Å². The van der Waals surface area contributed by atoms with Crippen molar-refractivity contribution in [2.45, 2.75) is 36.7 Å². The van der Waals surface area contributed by atoms with Crippen LogP contribution in [0.25, 0.3) is 0 Å². The van der Waals surface area contributed by atoms with E-state index in [0.717, 1.165) is 30.4 Å². The van der Waals surface area contributed by atoms with Crippen molar-refractivity contribution in [1.82, 2.24) is 10.0 Å². The molecule has 0 spiro atoms. The van der Waals surface area contributed by atoms with Gasteiger partial charge in [-0.2, -0.15) is 8.42 Å². The number of rotatable bonds is 4. The Morgan fingerprint density at radius 1 is 1.39 bits per heavy atom. The Morgan fingerprint density at radius 2 is 2.14 bits per heavy atom. The van der Waals surface area contributed by atoms with Gasteiger partial charge in [-0.05, 0) is 18.2 Å². The van der Waals surface area contributed by atoms with Crippen molar-refractivity contribution < 1.29 is 26.7 Å². The van der Waals surface area contributed by atoms with Crippen molar-refractivity contribution in [1.29, 1.82) is 0 Å². The van der Waals surface area contributed by atoms with Crippen LogP contribution in [0.1, 0.15) is 24.8 Å². The van der Waals surface area contributed by atoms with E-state index < -0.39 is 26.0 Å². The third-order valence-electron chi connectivity index (χ3n) is 4.95. The predicted octanol–water partition coefficient (Wildman–Crippen LogP) is 0.421. The maximum absolute atomic E-state index is 12.7. The maximum Gasteiger partial charge on any atom is 0.287 e. The first-order chi connectivity index (χ1) is 13.1. The Morgan fingerprint density at radius 3 is 2.86 bits per heavy atom. The zero-order valence-corrected chi connectivity index (χ0v) is 17.2. The first kappa shape index (κ1) is 19.4. The van der Waals surface area contributed by atoms with Crippen LogP contribution in [-0.2, 0) is 31.4 Å². The van der Waals surface area contributed by atoms with Gasteiger partial charge in [-0.3, -0.25) is 4.79 Å². The number of hydrogen-bond donors (Lipinski definition) is 4. The quantitative estimate of drug-likeness (QED) is 0.522. The summed E-state index contributed by atoms with van der Waals surface area (Å²) in [7, 11) is -7.69. The van der Waals surface area contributed by atoms with Crippen molar-refractivity contribution in [3.8, 4) is 0 Å². The average Bonchev–Trinajstić information content (AvgIpc) is 3.18. The van der Waals surface area contributed by atoms with E-state index in [1.165, 1.54) is 5.38 Å². The van der Waals surface area contributed by atoms with Crippen molar-refractivity contribution in [3.05, 3.63) is 22.3 Å². The molecule has 2 aliphatic heterocycles. The largest absolute Gasteiger partial charge is 0.511 e. The van der Waals surface area contributed by atoms with E-state index in [1.807, 2.05) is 0 Å². The Kier molecular flexibility index (Phi) is 4.52. The van der Waals surface area contributed by atoms with Crippen LogP contribution >= 0.6 is 11.3 Å². The number of carbonyl (C=O) groups is 1. The van der Waals surface area contributed by atoms with E-state index in [-0.39, 0.29) is 51.1 Å². The molecule has 1 saturated carbocycles. The molecule has 152 valence electrons. The van der Waals surface area contributed by atoms with E-state index in [1.54, 1.807) is 0 Å². The fourth-order valence-corrected chi connectivity index (χ4v) is 6.74. The van der Waals surface area contributed by atoms with Crippen LogP contribution in [-0.4, -0.2) is 46.0 Å². The molecule has 13 heteroatoms. The van der Waals surface area contributed by atoms with Gasteiger partial charge in [-0.25, -0.2) is 13.1 Å². The standard InChI is InChI=1S/C15H18N4O6S3/c1-27(22,23)16-5-7-6-26-15-12(7)28(24,25)19-13(18-15)10-11(20)8-3-2-4-9(8)17-14(10)21/h6,8-9,16,20H,2-5H2,1H3,(H,17,21)(H,18,19). The fraction of sp³-hybridized carbons (Fsp3) is 0.467. The van der Waals surface area contributed by atoms with Gasteiger partial charge in [-0.15, -0.1) is 15.7 Å². The molecule has 1 amide bonds. The summed E-state index contributed by atoms with van der Waals surface area (Å²) >= 11 is 1.05. The number of hydrogen-bond acceptors (Lipinski definition) is 8. The highest BCUT2D eigenvalue weighted by Gasteiger charge is 2.42. The van der Waals surface area contributed by atoms with Gasteiger partial charge >= 0.3 is 0 Å². The van der Waals surface area contributed by atoms with Gasteiger partial charge in [0.15, 0.2) is 5.84 Å². The molecule has 0 saturated heterocycles. The smallest absolute Gasteiger partial charge is 0.287 e. The van der Waals surface area contributed by atoms with E-state index >= 15 is 0 Å². The van der Waals surface area contributed by atoms with E-state index in [4.69, 9.17) is 0 Å². The highest BCUT2D eigenvalue weighted by atomic mass is 32.2. The molecule has 3 aliphatic rings. The zero-order valence-electron chi connectivity index (χ0n) is 14.7. The molecule has 4 N–H and O–H groups in total. The van der Waals surface area contributed by atoms with Gasteiger partial charge in [0, 0.05) is 24.1 Å². The number of nitrogens with one attached hydrogen (secondary N) is 3. The number of aliphatic hydroxyl groups is 1. The summed E-state index contributed by atoms with van der Waals surface area (Å²) in [6.07, 6.45) is 3.29. The number of sulfonamides is 2. The van der Waals surface area contributed by atoms with Gasteiger partial charge in [0.2, 0.25) is 10.0 Å². The lowest BCUT2D eigenvalue weighted by molar-refractivity contribution is -0.118. The zero-order chi connectivity index (χ0) is 20.3. The van der Waals surface area contributed by atoms with Crippen LogP contribution < -0.4 is 15.4 Å². The lowest BCUT2D eigenvalue weighted by Crippen LogP contribution is -2.47. The number of aliphatic hydroxyl groups excluding tert-OH is 1. The molecule has 3 heterocycles. The second-order valence-corrected chi connectivity index (χ2v) is 11.2. The molecule has 2 unspecified atom stereocenters. The molecule has 0 aromatic carbocycles. The van der Waals surface area contributed by atoms with Crippen LogP contribution in [0, 0.1) is 5.92 Å². The minimum Gasteiger partial charge on any atom is -0.511 e. The number of carbonyl (C=O) groups excluding carboxylic acids is 1. The topological polar surface area (TPSA) is 154 Å². The predicted molar refractivity (Wildman–Crippen MR) is 103 cm³/mol. The lowest BCUT2D eigenvalue weighted by Gasteiger charge is -2.29. The first-order valence-corrected chi connectivity index (χ1v) is 12.7. The number of fused-ring (bicyclic) bond motifs is 2. The molecule has 1 aromatic rings. The second-order valence-electron chi connectivity index (χ2n) is 6.93. The van der Waals surface area contributed by atoms with Crippen LogP contribution in [0.2, 0.25) is 0 Å². The van der Waals surface area contributed by atoms with Crippen LogP contribution in [0.15, 0.2) is 26.0 Å². The summed E-state index contributed by atoms with van der Waals surface area (Å²) < 4.78 is 54.0. The van der Waals surface area contributed by atoms with Crippen LogP contribution in [0.4, 0.5) is 5.00 Å². The SMILES string of the molecule is CS(=O)(=O)NCc1csc2c1S(=O)(=O)N=C(C1=C(O)C3CCCC3NC1=O)N2. The number of amides is 1. The lowest BCUT2D eigenvalue weighted by atomic mass is 9.92. The molecule has 1 aliphatic carbocycles. The molecule has 10 nitrogen and oxygen atoms in total. The van der Waals surface area contributed by atoms with Gasteiger partial charge < -0.3 is 15.7 Å². The number of thiophene rings is 1. The third-order valence-corrected chi connectivity index (χ3v) is 8.09. The van der Waals surface area contributed by atoms with Gasteiger partial charge in [0.1, 0.15) is 21.2 Å². The Balaban J connectivity index is 1.72. The minimum absolute atomic E-state index is 0.132. The minimum atomic E-state index is -4.19. The fourth-order valence-electron chi connectivity index (χ4n) is 3.72. The van der Waals surface area contributed by atoms with Crippen LogP contribution in [0.3, 0.4) is 0 Å². The maximum atomic E-state index is 12.7. The Bertz CT molecular complexity index is 1130.